The molecule has 0 amide bonds. The third-order valence-corrected chi connectivity index (χ3v) is 15.4. The van der Waals surface area contributed by atoms with Crippen LogP contribution < -0.4 is 4.90 Å². The number of fused-ring (bicyclic) bond motifs is 16. The van der Waals surface area contributed by atoms with Crippen LogP contribution in [-0.4, -0.2) is 15.5 Å². The Balaban J connectivity index is 1.07. The van der Waals surface area contributed by atoms with E-state index in [2.05, 4.69) is 188 Å². The van der Waals surface area contributed by atoms with Crippen molar-refractivity contribution in [2.75, 3.05) is 4.90 Å². The first-order chi connectivity index (χ1) is 28.1. The van der Waals surface area contributed by atoms with E-state index in [9.17, 15) is 0 Å². The molecule has 0 fully saturated rings. The lowest BCUT2D eigenvalue weighted by Crippen LogP contribution is -2.46. The molecule has 7 aromatic carbocycles. The zero-order chi connectivity index (χ0) is 37.5. The second-order valence-electron chi connectivity index (χ2n) is 15.8. The highest BCUT2D eigenvalue weighted by molar-refractivity contribution is 8.03. The zero-order valence-corrected chi connectivity index (χ0v) is 32.6. The molecule has 1 spiro atoms. The van der Waals surface area contributed by atoms with Crippen LogP contribution in [0.4, 0.5) is 11.6 Å². The molecule has 57 heavy (non-hydrogen) atoms. The Hall–Kier alpha value is -6.27. The van der Waals surface area contributed by atoms with E-state index in [4.69, 9.17) is 9.97 Å². The fourth-order valence-corrected chi connectivity index (χ4v) is 13.3. The van der Waals surface area contributed by atoms with E-state index in [1.807, 2.05) is 11.8 Å². The molecule has 2 aliphatic carbocycles. The van der Waals surface area contributed by atoms with Crippen LogP contribution in [0, 0.1) is 0 Å². The van der Waals surface area contributed by atoms with Gasteiger partial charge in [0.05, 0.1) is 26.9 Å². The molecule has 0 N–H and O–H groups in total. The summed E-state index contributed by atoms with van der Waals surface area (Å²) in [7, 11) is 0. The number of benzene rings is 7. The average molecular weight is 764 g/mol. The lowest BCUT2D eigenvalue weighted by molar-refractivity contribution is 0.518. The van der Waals surface area contributed by atoms with E-state index in [0.29, 0.717) is 0 Å². The molecular weight excluding hydrogens is 731 g/mol. The molecule has 9 aromatic rings. The number of hydrogen-bond acceptors (Lipinski definition) is 5. The maximum atomic E-state index is 5.63. The number of hydrogen-bond donors (Lipinski definition) is 0. The average Bonchev–Trinajstić information content (AvgIpc) is 3.87. The lowest BCUT2D eigenvalue weighted by Gasteiger charge is -2.47. The predicted octanol–water partition coefficient (Wildman–Crippen LogP) is 13.6. The summed E-state index contributed by atoms with van der Waals surface area (Å²) in [4.78, 5) is 16.4. The first kappa shape index (κ1) is 31.9. The van der Waals surface area contributed by atoms with Gasteiger partial charge in [0.1, 0.15) is 0 Å². The van der Waals surface area contributed by atoms with Gasteiger partial charge in [-0.3, -0.25) is 4.90 Å². The number of nitrogens with zero attached hydrogens (tertiary/aromatic N) is 3. The Labute approximate surface area is 338 Å². The topological polar surface area (TPSA) is 29.0 Å². The van der Waals surface area contributed by atoms with Crippen molar-refractivity contribution >= 4 is 65.8 Å². The third kappa shape index (κ3) is 4.08. The molecule has 13 rings (SSSR count). The van der Waals surface area contributed by atoms with Gasteiger partial charge in [0, 0.05) is 37.1 Å². The number of thiophene rings is 1. The fourth-order valence-electron chi connectivity index (χ4n) is 10.6. The maximum absolute atomic E-state index is 5.63. The van der Waals surface area contributed by atoms with Crippen LogP contribution in [-0.2, 0) is 5.41 Å². The lowest BCUT2D eigenvalue weighted by atomic mass is 9.63. The molecule has 2 atom stereocenters. The van der Waals surface area contributed by atoms with Gasteiger partial charge < -0.3 is 0 Å². The van der Waals surface area contributed by atoms with Crippen LogP contribution in [0.3, 0.4) is 0 Å². The quantitative estimate of drug-likeness (QED) is 0.175. The molecule has 5 heteroatoms. The normalized spacial score (nSPS) is 19.5. The minimum Gasteiger partial charge on any atom is -0.300 e. The van der Waals surface area contributed by atoms with Crippen LogP contribution >= 0.6 is 23.1 Å². The van der Waals surface area contributed by atoms with Crippen molar-refractivity contribution in [1.82, 2.24) is 9.97 Å². The highest BCUT2D eigenvalue weighted by Gasteiger charge is 2.58. The van der Waals surface area contributed by atoms with Crippen molar-refractivity contribution in [3.05, 3.63) is 209 Å². The van der Waals surface area contributed by atoms with Crippen molar-refractivity contribution in [1.29, 1.82) is 0 Å². The Morgan fingerprint density at radius 3 is 2.16 bits per heavy atom. The molecule has 4 aliphatic rings. The summed E-state index contributed by atoms with van der Waals surface area (Å²) >= 11 is 3.74. The summed E-state index contributed by atoms with van der Waals surface area (Å²) < 4.78 is 2.34. The summed E-state index contributed by atoms with van der Waals surface area (Å²) in [5.41, 5.74) is 12.7. The number of thioether (sulfide) groups is 1. The number of anilines is 2. The van der Waals surface area contributed by atoms with Gasteiger partial charge in [-0.2, -0.15) is 0 Å². The molecule has 2 unspecified atom stereocenters. The minimum absolute atomic E-state index is 0.0477. The van der Waals surface area contributed by atoms with E-state index in [1.54, 1.807) is 11.3 Å². The van der Waals surface area contributed by atoms with Crippen molar-refractivity contribution in [3.63, 3.8) is 0 Å². The molecule has 0 radical (unpaired) electrons. The first-order valence-corrected chi connectivity index (χ1v) is 21.2. The van der Waals surface area contributed by atoms with Crippen molar-refractivity contribution in [2.24, 2.45) is 0 Å². The van der Waals surface area contributed by atoms with E-state index >= 15 is 0 Å². The SMILES string of the molecule is CC12C=CC3=C(Sc4ccccc4C34c3ccccc3-c3ccccc34)C1c1ccccc1N2c1nc(-c2ccc3ccccc3c2)c2sc3ccccc3c2n1. The summed E-state index contributed by atoms with van der Waals surface area (Å²) in [6.07, 6.45) is 4.95. The Bertz CT molecular complexity index is 3240. The first-order valence-electron chi connectivity index (χ1n) is 19.6. The molecule has 2 aromatic heterocycles. The predicted molar refractivity (Wildman–Crippen MR) is 238 cm³/mol. The van der Waals surface area contributed by atoms with E-state index < -0.39 is 11.0 Å². The van der Waals surface area contributed by atoms with Gasteiger partial charge in [0.25, 0.3) is 0 Å². The molecule has 0 saturated carbocycles. The van der Waals surface area contributed by atoms with Gasteiger partial charge in [0.15, 0.2) is 0 Å². The van der Waals surface area contributed by atoms with Crippen LogP contribution in [0.2, 0.25) is 0 Å². The maximum Gasteiger partial charge on any atom is 0.231 e. The van der Waals surface area contributed by atoms with Gasteiger partial charge in [-0.1, -0.05) is 163 Å². The Morgan fingerprint density at radius 1 is 0.632 bits per heavy atom. The van der Waals surface area contributed by atoms with Gasteiger partial charge in [0.2, 0.25) is 5.95 Å². The molecule has 0 bridgehead atoms. The largest absolute Gasteiger partial charge is 0.300 e. The number of aromatic nitrogens is 2. The number of para-hydroxylation sites is 1. The van der Waals surface area contributed by atoms with Gasteiger partial charge in [-0.25, -0.2) is 9.97 Å². The van der Waals surface area contributed by atoms with Gasteiger partial charge in [-0.15, -0.1) is 11.3 Å². The summed E-state index contributed by atoms with van der Waals surface area (Å²) in [5.74, 6) is 0.777. The highest BCUT2D eigenvalue weighted by atomic mass is 32.2. The van der Waals surface area contributed by atoms with E-state index in [1.165, 1.54) is 69.6 Å². The van der Waals surface area contributed by atoms with Gasteiger partial charge in [-0.05, 0) is 80.9 Å². The summed E-state index contributed by atoms with van der Waals surface area (Å²) in [6.45, 7) is 2.40. The second kappa shape index (κ2) is 11.4. The van der Waals surface area contributed by atoms with Crippen LogP contribution in [0.25, 0.3) is 53.5 Å². The molecule has 268 valence electrons. The zero-order valence-electron chi connectivity index (χ0n) is 31.0. The third-order valence-electron chi connectivity index (χ3n) is 13.0. The number of rotatable bonds is 2. The van der Waals surface area contributed by atoms with E-state index in [0.717, 1.165) is 33.1 Å². The number of allylic oxidation sites excluding steroid dienone is 2. The smallest absolute Gasteiger partial charge is 0.231 e. The fraction of sp³-hybridized carbons (Fsp3) is 0.0769. The van der Waals surface area contributed by atoms with Crippen molar-refractivity contribution < 1.29 is 0 Å². The van der Waals surface area contributed by atoms with Crippen molar-refractivity contribution in [3.8, 4) is 22.4 Å². The monoisotopic (exact) mass is 763 g/mol. The molecule has 3 nitrogen and oxygen atoms in total. The van der Waals surface area contributed by atoms with E-state index in [-0.39, 0.29) is 5.92 Å². The minimum atomic E-state index is -0.485. The van der Waals surface area contributed by atoms with Crippen LogP contribution in [0.5, 0.6) is 0 Å². The van der Waals surface area contributed by atoms with Gasteiger partial charge >= 0.3 is 0 Å². The van der Waals surface area contributed by atoms with Crippen LogP contribution in [0.15, 0.2) is 191 Å². The van der Waals surface area contributed by atoms with Crippen LogP contribution in [0.1, 0.15) is 35.1 Å². The second-order valence-corrected chi connectivity index (χ2v) is 17.9. The summed E-state index contributed by atoms with van der Waals surface area (Å²) in [6, 6.07) is 60.3. The summed E-state index contributed by atoms with van der Waals surface area (Å²) in [5, 5.41) is 3.60. The van der Waals surface area contributed by atoms with Crippen molar-refractivity contribution in [2.45, 2.75) is 28.7 Å². The molecule has 2 aliphatic heterocycles. The highest BCUT2D eigenvalue weighted by Crippen LogP contribution is 2.68. The molecule has 0 saturated heterocycles. The molecular formula is C52H33N3S2. The Morgan fingerprint density at radius 2 is 1.32 bits per heavy atom. The molecule has 4 heterocycles. The standard InChI is InChI=1S/C52H33N3S2/c1-51-29-28-41-48(57-44-25-13-10-22-40(44)52(41)38-20-8-4-16-34(38)35-17-5-9-21-39(35)52)45(51)36-18-6-11-23-42(36)55(51)50-53-46(33-27-26-31-14-2-3-15-32(31)30-33)49-47(54-50)37-19-7-12-24-43(37)56-49/h2-30,45H,1H3. The Kier molecular flexibility index (Phi) is 6.38.